The highest BCUT2D eigenvalue weighted by Gasteiger charge is 2.14. The predicted molar refractivity (Wildman–Crippen MR) is 69.1 cm³/mol. The molecule has 0 amide bonds. The molecule has 0 atom stereocenters. The SMILES string of the molecule is C#CCO[C](c1ccccc1)c1ccccc1. The van der Waals surface area contributed by atoms with Gasteiger partial charge in [0.2, 0.25) is 0 Å². The molecule has 0 aliphatic carbocycles. The van der Waals surface area contributed by atoms with Crippen LogP contribution in [0.4, 0.5) is 0 Å². The average Bonchev–Trinajstić information content (AvgIpc) is 2.42. The summed E-state index contributed by atoms with van der Waals surface area (Å²) in [6, 6.07) is 19.9. The van der Waals surface area contributed by atoms with Gasteiger partial charge < -0.3 is 4.74 Å². The van der Waals surface area contributed by atoms with E-state index in [-0.39, 0.29) is 6.61 Å². The van der Waals surface area contributed by atoms with Crippen LogP contribution in [0.5, 0.6) is 0 Å². The summed E-state index contributed by atoms with van der Waals surface area (Å²) in [6.07, 6.45) is 6.07. The minimum absolute atomic E-state index is 0.277. The van der Waals surface area contributed by atoms with Crippen molar-refractivity contribution in [2.45, 2.75) is 0 Å². The summed E-state index contributed by atoms with van der Waals surface area (Å²) in [5.41, 5.74) is 2.07. The number of ether oxygens (including phenoxy) is 1. The van der Waals surface area contributed by atoms with Gasteiger partial charge in [0, 0.05) is 0 Å². The minimum Gasteiger partial charge on any atom is -0.349 e. The maximum atomic E-state index is 5.64. The number of terminal acetylenes is 1. The molecule has 1 radical (unpaired) electrons. The van der Waals surface area contributed by atoms with Gasteiger partial charge in [-0.05, 0) is 11.1 Å². The van der Waals surface area contributed by atoms with Crippen molar-refractivity contribution in [3.8, 4) is 12.3 Å². The van der Waals surface area contributed by atoms with Crippen molar-refractivity contribution in [2.75, 3.05) is 6.61 Å². The Hall–Kier alpha value is -2.04. The first kappa shape index (κ1) is 11.4. The molecule has 0 aliphatic rings. The number of rotatable bonds is 4. The topological polar surface area (TPSA) is 9.23 Å². The third-order valence-electron chi connectivity index (χ3n) is 2.37. The first-order valence-electron chi connectivity index (χ1n) is 5.46. The normalized spacial score (nSPS) is 10.1. The molecule has 1 heteroatoms. The van der Waals surface area contributed by atoms with E-state index in [9.17, 15) is 0 Å². The van der Waals surface area contributed by atoms with E-state index in [1.54, 1.807) is 0 Å². The maximum Gasteiger partial charge on any atom is 0.157 e. The van der Waals surface area contributed by atoms with Crippen molar-refractivity contribution in [1.82, 2.24) is 0 Å². The summed E-state index contributed by atoms with van der Waals surface area (Å²) in [5, 5.41) is 0. The van der Waals surface area contributed by atoms with Crippen molar-refractivity contribution >= 4 is 0 Å². The Morgan fingerprint density at radius 2 is 1.35 bits per heavy atom. The van der Waals surface area contributed by atoms with Crippen LogP contribution in [0.2, 0.25) is 0 Å². The molecule has 0 spiro atoms. The molecule has 0 heterocycles. The fourth-order valence-electron chi connectivity index (χ4n) is 1.63. The summed E-state index contributed by atoms with van der Waals surface area (Å²) in [4.78, 5) is 0. The van der Waals surface area contributed by atoms with Crippen molar-refractivity contribution in [1.29, 1.82) is 0 Å². The Morgan fingerprint density at radius 1 is 0.882 bits per heavy atom. The van der Waals surface area contributed by atoms with E-state index in [2.05, 4.69) is 5.92 Å². The summed E-state index contributed by atoms with van der Waals surface area (Å²) in [7, 11) is 0. The molecule has 0 unspecified atom stereocenters. The molecule has 2 rings (SSSR count). The first-order valence-corrected chi connectivity index (χ1v) is 5.46. The summed E-state index contributed by atoms with van der Waals surface area (Å²) < 4.78 is 5.64. The van der Waals surface area contributed by atoms with Crippen LogP contribution in [0.3, 0.4) is 0 Å². The van der Waals surface area contributed by atoms with Crippen LogP contribution >= 0.6 is 0 Å². The highest BCUT2D eigenvalue weighted by atomic mass is 16.5. The fraction of sp³-hybridized carbons (Fsp3) is 0.0625. The first-order chi connectivity index (χ1) is 8.42. The number of hydrogen-bond donors (Lipinski definition) is 0. The van der Waals surface area contributed by atoms with E-state index in [0.717, 1.165) is 17.2 Å². The molecule has 17 heavy (non-hydrogen) atoms. The Balaban J connectivity index is 2.30. The fourth-order valence-corrected chi connectivity index (χ4v) is 1.63. The van der Waals surface area contributed by atoms with Crippen molar-refractivity contribution in [3.63, 3.8) is 0 Å². The van der Waals surface area contributed by atoms with Crippen LogP contribution in [0.25, 0.3) is 0 Å². The largest absolute Gasteiger partial charge is 0.349 e. The molecule has 0 saturated heterocycles. The Bertz CT molecular complexity index is 442. The molecule has 0 saturated carbocycles. The van der Waals surface area contributed by atoms with Crippen LogP contribution in [-0.4, -0.2) is 6.61 Å². The molecule has 2 aromatic carbocycles. The summed E-state index contributed by atoms with van der Waals surface area (Å²) >= 11 is 0. The van der Waals surface area contributed by atoms with Gasteiger partial charge in [-0.25, -0.2) is 0 Å². The lowest BCUT2D eigenvalue weighted by Crippen LogP contribution is -2.07. The van der Waals surface area contributed by atoms with E-state index in [4.69, 9.17) is 11.2 Å². The second kappa shape index (κ2) is 5.89. The minimum atomic E-state index is 0.277. The van der Waals surface area contributed by atoms with Gasteiger partial charge in [0.1, 0.15) is 6.61 Å². The molecule has 0 N–H and O–H groups in total. The number of hydrogen-bond acceptors (Lipinski definition) is 1. The third kappa shape index (κ3) is 2.96. The van der Waals surface area contributed by atoms with E-state index >= 15 is 0 Å². The van der Waals surface area contributed by atoms with Gasteiger partial charge in [-0.1, -0.05) is 66.6 Å². The van der Waals surface area contributed by atoms with Crippen LogP contribution in [0.15, 0.2) is 60.7 Å². The lowest BCUT2D eigenvalue weighted by atomic mass is 10.0. The Labute approximate surface area is 102 Å². The smallest absolute Gasteiger partial charge is 0.157 e. The molecular weight excluding hydrogens is 208 g/mol. The van der Waals surface area contributed by atoms with Crippen molar-refractivity contribution in [2.24, 2.45) is 0 Å². The zero-order valence-corrected chi connectivity index (χ0v) is 9.47. The molecule has 0 aliphatic heterocycles. The number of benzene rings is 2. The predicted octanol–water partition coefficient (Wildman–Crippen LogP) is 3.26. The molecule has 0 fully saturated rings. The van der Waals surface area contributed by atoms with Gasteiger partial charge in [0.15, 0.2) is 6.10 Å². The van der Waals surface area contributed by atoms with E-state index in [0.29, 0.717) is 0 Å². The molecule has 0 bridgehead atoms. The highest BCUT2D eigenvalue weighted by molar-refractivity contribution is 5.41. The molecule has 1 nitrogen and oxygen atoms in total. The van der Waals surface area contributed by atoms with Gasteiger partial charge in [0.05, 0.1) is 0 Å². The van der Waals surface area contributed by atoms with Crippen LogP contribution in [0, 0.1) is 18.4 Å². The van der Waals surface area contributed by atoms with Gasteiger partial charge in [-0.2, -0.15) is 0 Å². The van der Waals surface area contributed by atoms with Gasteiger partial charge in [-0.15, -0.1) is 6.42 Å². The second-order valence-electron chi connectivity index (χ2n) is 3.55. The quantitative estimate of drug-likeness (QED) is 0.720. The van der Waals surface area contributed by atoms with E-state index in [1.165, 1.54) is 0 Å². The monoisotopic (exact) mass is 221 g/mol. The maximum absolute atomic E-state index is 5.64. The molecule has 0 aromatic heterocycles. The average molecular weight is 221 g/mol. The van der Waals surface area contributed by atoms with Crippen LogP contribution < -0.4 is 0 Å². The Kier molecular flexibility index (Phi) is 3.96. The van der Waals surface area contributed by atoms with Gasteiger partial charge in [0.25, 0.3) is 0 Å². The summed E-state index contributed by atoms with van der Waals surface area (Å²) in [6.45, 7) is 0.277. The zero-order chi connectivity index (χ0) is 11.9. The van der Waals surface area contributed by atoms with Gasteiger partial charge >= 0.3 is 0 Å². The van der Waals surface area contributed by atoms with Crippen molar-refractivity contribution < 1.29 is 4.74 Å². The Morgan fingerprint density at radius 3 is 1.76 bits per heavy atom. The van der Waals surface area contributed by atoms with Crippen molar-refractivity contribution in [3.05, 3.63) is 77.9 Å². The second-order valence-corrected chi connectivity index (χ2v) is 3.55. The summed E-state index contributed by atoms with van der Waals surface area (Å²) in [5.74, 6) is 2.49. The lowest BCUT2D eigenvalue weighted by molar-refractivity contribution is 0.213. The molecule has 2 aromatic rings. The standard InChI is InChI=1S/C16H13O/c1-2-13-17-16(14-9-5-3-6-10-14)15-11-7-4-8-12-15/h1,3-12H,13H2. The highest BCUT2D eigenvalue weighted by Crippen LogP contribution is 2.24. The van der Waals surface area contributed by atoms with Crippen LogP contribution in [-0.2, 0) is 4.74 Å². The molecular formula is C16H13O. The van der Waals surface area contributed by atoms with E-state index < -0.39 is 0 Å². The van der Waals surface area contributed by atoms with Crippen LogP contribution in [0.1, 0.15) is 11.1 Å². The lowest BCUT2D eigenvalue weighted by Gasteiger charge is -2.15. The van der Waals surface area contributed by atoms with Gasteiger partial charge in [-0.3, -0.25) is 0 Å². The molecule has 83 valence electrons. The zero-order valence-electron chi connectivity index (χ0n) is 9.47. The third-order valence-corrected chi connectivity index (χ3v) is 2.37. The van der Waals surface area contributed by atoms with E-state index in [1.807, 2.05) is 60.7 Å².